The molecule has 0 aliphatic carbocycles. The lowest BCUT2D eigenvalue weighted by molar-refractivity contribution is 0.526. The van der Waals surface area contributed by atoms with Crippen LogP contribution in [0, 0.1) is 0 Å². The van der Waals surface area contributed by atoms with Gasteiger partial charge < -0.3 is 10.3 Å². The Kier molecular flexibility index (Phi) is 3.27. The van der Waals surface area contributed by atoms with E-state index in [0.29, 0.717) is 0 Å². The van der Waals surface area contributed by atoms with Crippen LogP contribution < -0.4 is 5.73 Å². The molecule has 0 spiro atoms. The maximum Gasteiger partial charge on any atom is 0.113 e. The van der Waals surface area contributed by atoms with Crippen LogP contribution >= 0.6 is 0 Å². The summed E-state index contributed by atoms with van der Waals surface area (Å²) in [6.45, 7) is 1.54. The van der Waals surface area contributed by atoms with Crippen LogP contribution in [0.1, 0.15) is 0 Å². The summed E-state index contributed by atoms with van der Waals surface area (Å²) in [6, 6.07) is 15.7. The number of aromatic nitrogens is 5. The second kappa shape index (κ2) is 5.57. The van der Waals surface area contributed by atoms with Crippen LogP contribution in [-0.2, 0) is 13.1 Å². The molecule has 0 saturated carbocycles. The van der Waals surface area contributed by atoms with Crippen LogP contribution in [0.15, 0.2) is 61.1 Å². The number of imidazole rings is 1. The zero-order valence-corrected chi connectivity index (χ0v) is 12.5. The molecular weight excluding hydrogens is 288 g/mol. The summed E-state index contributed by atoms with van der Waals surface area (Å²) >= 11 is 0. The molecule has 0 atom stereocenters. The van der Waals surface area contributed by atoms with Gasteiger partial charge in [0.1, 0.15) is 5.69 Å². The normalized spacial score (nSPS) is 11.1. The van der Waals surface area contributed by atoms with E-state index in [1.807, 2.05) is 59.7 Å². The number of nitrogens with zero attached hydrogens (tertiary/aromatic N) is 5. The lowest BCUT2D eigenvalue weighted by Crippen LogP contribution is -2.07. The maximum atomic E-state index is 5.71. The Hall–Kier alpha value is -3.15. The minimum Gasteiger partial charge on any atom is -0.399 e. The predicted octanol–water partition coefficient (Wildman–Crippen LogP) is 2.58. The van der Waals surface area contributed by atoms with Gasteiger partial charge in [-0.1, -0.05) is 29.5 Å². The van der Waals surface area contributed by atoms with E-state index in [0.717, 1.165) is 41.1 Å². The number of para-hydroxylation sites is 2. The van der Waals surface area contributed by atoms with Crippen LogP contribution in [0.4, 0.5) is 5.69 Å². The Balaban J connectivity index is 1.51. The van der Waals surface area contributed by atoms with E-state index in [1.165, 1.54) is 0 Å². The van der Waals surface area contributed by atoms with Crippen LogP contribution in [0.5, 0.6) is 0 Å². The third-order valence-corrected chi connectivity index (χ3v) is 3.84. The Bertz CT molecular complexity index is 935. The van der Waals surface area contributed by atoms with E-state index < -0.39 is 0 Å². The van der Waals surface area contributed by atoms with Gasteiger partial charge in [-0.3, -0.25) is 4.68 Å². The molecule has 4 aromatic rings. The lowest BCUT2D eigenvalue weighted by Gasteiger charge is -2.03. The van der Waals surface area contributed by atoms with Crippen molar-refractivity contribution in [1.82, 2.24) is 24.5 Å². The highest BCUT2D eigenvalue weighted by Gasteiger charge is 2.05. The quantitative estimate of drug-likeness (QED) is 0.588. The molecule has 0 aliphatic rings. The Labute approximate surface area is 133 Å². The predicted molar refractivity (Wildman–Crippen MR) is 89.6 cm³/mol. The molecule has 0 unspecified atom stereocenters. The van der Waals surface area contributed by atoms with Gasteiger partial charge in [-0.15, -0.1) is 5.10 Å². The number of fused-ring (bicyclic) bond motifs is 1. The number of hydrogen-bond donors (Lipinski definition) is 1. The third-order valence-electron chi connectivity index (χ3n) is 3.84. The fraction of sp³-hybridized carbons (Fsp3) is 0.118. The molecule has 2 heterocycles. The van der Waals surface area contributed by atoms with Gasteiger partial charge in [0.2, 0.25) is 0 Å². The first-order chi connectivity index (χ1) is 11.3. The van der Waals surface area contributed by atoms with Gasteiger partial charge in [0.05, 0.1) is 30.1 Å². The largest absolute Gasteiger partial charge is 0.399 e. The van der Waals surface area contributed by atoms with E-state index in [1.54, 1.807) is 0 Å². The number of rotatable bonds is 4. The summed E-state index contributed by atoms with van der Waals surface area (Å²) < 4.78 is 3.97. The first-order valence-corrected chi connectivity index (χ1v) is 7.45. The van der Waals surface area contributed by atoms with Crippen molar-refractivity contribution >= 4 is 16.7 Å². The van der Waals surface area contributed by atoms with Crippen LogP contribution in [0.2, 0.25) is 0 Å². The Morgan fingerprint density at radius 2 is 1.78 bits per heavy atom. The van der Waals surface area contributed by atoms with E-state index in [4.69, 9.17) is 5.73 Å². The van der Waals surface area contributed by atoms with Gasteiger partial charge in [-0.2, -0.15) is 0 Å². The van der Waals surface area contributed by atoms with Gasteiger partial charge in [0.25, 0.3) is 0 Å². The molecule has 0 fully saturated rings. The molecule has 0 radical (unpaired) electrons. The number of aryl methyl sites for hydroxylation is 2. The van der Waals surface area contributed by atoms with Gasteiger partial charge >= 0.3 is 0 Å². The number of nitrogens with two attached hydrogens (primary N) is 1. The molecule has 0 saturated heterocycles. The van der Waals surface area contributed by atoms with Crippen LogP contribution in [-0.4, -0.2) is 24.5 Å². The minimum absolute atomic E-state index is 0.738. The summed E-state index contributed by atoms with van der Waals surface area (Å²) in [5.74, 6) is 0. The highest BCUT2D eigenvalue weighted by Crippen LogP contribution is 2.17. The summed E-state index contributed by atoms with van der Waals surface area (Å²) in [6.07, 6.45) is 3.81. The van der Waals surface area contributed by atoms with Crippen molar-refractivity contribution in [1.29, 1.82) is 0 Å². The fourth-order valence-corrected chi connectivity index (χ4v) is 2.59. The van der Waals surface area contributed by atoms with Crippen LogP contribution in [0.25, 0.3) is 22.3 Å². The highest BCUT2D eigenvalue weighted by molar-refractivity contribution is 5.74. The molecule has 6 nitrogen and oxygen atoms in total. The zero-order chi connectivity index (χ0) is 15.6. The average molecular weight is 304 g/mol. The number of anilines is 1. The van der Waals surface area contributed by atoms with Gasteiger partial charge in [0.15, 0.2) is 0 Å². The molecule has 23 heavy (non-hydrogen) atoms. The van der Waals surface area contributed by atoms with Crippen molar-refractivity contribution in [2.24, 2.45) is 0 Å². The summed E-state index contributed by atoms with van der Waals surface area (Å²) in [5, 5.41) is 8.42. The molecular formula is C17H16N6. The number of hydrogen-bond acceptors (Lipinski definition) is 4. The van der Waals surface area contributed by atoms with E-state index in [-0.39, 0.29) is 0 Å². The molecule has 0 bridgehead atoms. The van der Waals surface area contributed by atoms with E-state index >= 15 is 0 Å². The van der Waals surface area contributed by atoms with Crippen molar-refractivity contribution in [3.8, 4) is 11.3 Å². The Morgan fingerprint density at radius 1 is 0.957 bits per heavy atom. The van der Waals surface area contributed by atoms with Crippen molar-refractivity contribution in [2.75, 3.05) is 5.73 Å². The second-order valence-corrected chi connectivity index (χ2v) is 5.42. The highest BCUT2D eigenvalue weighted by atomic mass is 15.4. The van der Waals surface area contributed by atoms with E-state index in [2.05, 4.69) is 25.9 Å². The smallest absolute Gasteiger partial charge is 0.113 e. The fourth-order valence-electron chi connectivity index (χ4n) is 2.59. The molecule has 6 heteroatoms. The molecule has 2 N–H and O–H groups in total. The standard InChI is InChI=1S/C17H16N6/c18-14-7-5-13(6-8-14)16-11-23(21-20-16)10-9-22-12-19-15-3-1-2-4-17(15)22/h1-8,11-12H,9-10,18H2. The monoisotopic (exact) mass is 304 g/mol. The third kappa shape index (κ3) is 2.66. The van der Waals surface area contributed by atoms with Crippen molar-refractivity contribution in [3.63, 3.8) is 0 Å². The first-order valence-electron chi connectivity index (χ1n) is 7.45. The summed E-state index contributed by atoms with van der Waals surface area (Å²) in [7, 11) is 0. The molecule has 4 rings (SSSR count). The van der Waals surface area contributed by atoms with Gasteiger partial charge in [-0.25, -0.2) is 4.98 Å². The lowest BCUT2D eigenvalue weighted by atomic mass is 10.1. The molecule has 0 aliphatic heterocycles. The maximum absolute atomic E-state index is 5.71. The van der Waals surface area contributed by atoms with Crippen molar-refractivity contribution in [3.05, 3.63) is 61.1 Å². The van der Waals surface area contributed by atoms with E-state index in [9.17, 15) is 0 Å². The minimum atomic E-state index is 0.738. The molecule has 114 valence electrons. The van der Waals surface area contributed by atoms with Crippen molar-refractivity contribution < 1.29 is 0 Å². The Morgan fingerprint density at radius 3 is 2.65 bits per heavy atom. The molecule has 0 amide bonds. The number of benzene rings is 2. The van der Waals surface area contributed by atoms with Crippen molar-refractivity contribution in [2.45, 2.75) is 13.1 Å². The SMILES string of the molecule is Nc1ccc(-c2cn(CCn3cnc4ccccc43)nn2)cc1. The molecule has 2 aromatic carbocycles. The zero-order valence-electron chi connectivity index (χ0n) is 12.5. The first kappa shape index (κ1) is 13.5. The van der Waals surface area contributed by atoms with Gasteiger partial charge in [0, 0.05) is 17.8 Å². The summed E-state index contributed by atoms with van der Waals surface area (Å²) in [5.41, 5.74) is 10.5. The molecule has 2 aromatic heterocycles. The van der Waals surface area contributed by atoms with Crippen LogP contribution in [0.3, 0.4) is 0 Å². The topological polar surface area (TPSA) is 74.5 Å². The van der Waals surface area contributed by atoms with Gasteiger partial charge in [-0.05, 0) is 24.3 Å². The summed E-state index contributed by atoms with van der Waals surface area (Å²) in [4.78, 5) is 4.40. The second-order valence-electron chi connectivity index (χ2n) is 5.42. The average Bonchev–Trinajstić information content (AvgIpc) is 3.20. The number of nitrogen functional groups attached to an aromatic ring is 1.